The van der Waals surface area contributed by atoms with E-state index in [1.807, 2.05) is 12.1 Å². The fraction of sp³-hybridized carbons (Fsp3) is 0.267. The van der Waals surface area contributed by atoms with Crippen LogP contribution in [-0.4, -0.2) is 47.9 Å². The lowest BCUT2D eigenvalue weighted by Crippen LogP contribution is -2.58. The Morgan fingerprint density at radius 2 is 1.59 bits per heavy atom. The first-order chi connectivity index (χ1) is 18.7. The Hall–Kier alpha value is -4.53. The molecule has 3 atom stereocenters. The first kappa shape index (κ1) is 24.8. The highest BCUT2D eigenvalue weighted by molar-refractivity contribution is 6.09. The van der Waals surface area contributed by atoms with E-state index in [0.717, 1.165) is 0 Å². The molecule has 3 unspecified atom stereocenters. The van der Waals surface area contributed by atoms with Gasteiger partial charge in [-0.05, 0) is 53.1 Å². The number of cyclic esters (lactones) is 2. The van der Waals surface area contributed by atoms with Crippen molar-refractivity contribution in [3.05, 3.63) is 101 Å². The highest BCUT2D eigenvalue weighted by atomic mass is 19.1. The molecule has 3 aliphatic rings. The fourth-order valence-corrected chi connectivity index (χ4v) is 5.98. The SMILES string of the molecule is COc1ccc(C2C(C(=O)c3ccc(F)cc3)N3N=Cc4ccccc4C3C23C(=O)OC(C)(C)OC3=O)cc1. The first-order valence-corrected chi connectivity index (χ1v) is 12.5. The minimum absolute atomic E-state index is 0.211. The summed E-state index contributed by atoms with van der Waals surface area (Å²) in [5, 5.41) is 6.12. The van der Waals surface area contributed by atoms with Crippen molar-refractivity contribution in [3.63, 3.8) is 0 Å². The molecule has 3 heterocycles. The number of esters is 2. The van der Waals surface area contributed by atoms with E-state index < -0.39 is 52.7 Å². The molecular formula is C30H25FN2O6. The van der Waals surface area contributed by atoms with E-state index in [0.29, 0.717) is 22.4 Å². The third-order valence-electron chi connectivity index (χ3n) is 7.63. The number of ketones is 1. The lowest BCUT2D eigenvalue weighted by atomic mass is 9.65. The second kappa shape index (κ2) is 8.76. The largest absolute Gasteiger partial charge is 0.497 e. The van der Waals surface area contributed by atoms with E-state index in [9.17, 15) is 18.8 Å². The number of ether oxygens (including phenoxy) is 3. The van der Waals surface area contributed by atoms with Crippen molar-refractivity contribution < 1.29 is 33.0 Å². The molecule has 0 amide bonds. The summed E-state index contributed by atoms with van der Waals surface area (Å²) in [7, 11) is 1.52. The van der Waals surface area contributed by atoms with Gasteiger partial charge < -0.3 is 14.2 Å². The third kappa shape index (κ3) is 3.64. The van der Waals surface area contributed by atoms with Gasteiger partial charge in [0.15, 0.2) is 5.78 Å². The van der Waals surface area contributed by atoms with Gasteiger partial charge in [0.2, 0.25) is 5.41 Å². The van der Waals surface area contributed by atoms with E-state index in [2.05, 4.69) is 5.10 Å². The second-order valence-electron chi connectivity index (χ2n) is 10.3. The number of halogens is 1. The van der Waals surface area contributed by atoms with Crippen molar-refractivity contribution in [1.82, 2.24) is 5.01 Å². The van der Waals surface area contributed by atoms with Crippen molar-refractivity contribution >= 4 is 23.9 Å². The zero-order chi connectivity index (χ0) is 27.5. The molecule has 2 saturated heterocycles. The Kier molecular flexibility index (Phi) is 5.57. The Morgan fingerprint density at radius 3 is 2.23 bits per heavy atom. The van der Waals surface area contributed by atoms with Crippen LogP contribution < -0.4 is 4.74 Å². The number of hydrogen-bond acceptors (Lipinski definition) is 8. The van der Waals surface area contributed by atoms with E-state index in [1.165, 1.54) is 50.2 Å². The van der Waals surface area contributed by atoms with Gasteiger partial charge in [0.05, 0.1) is 13.3 Å². The van der Waals surface area contributed by atoms with Gasteiger partial charge in [-0.2, -0.15) is 5.10 Å². The van der Waals surface area contributed by atoms with Gasteiger partial charge in [0.1, 0.15) is 23.7 Å². The summed E-state index contributed by atoms with van der Waals surface area (Å²) in [6.07, 6.45) is 1.60. The van der Waals surface area contributed by atoms with E-state index in [-0.39, 0.29) is 5.56 Å². The molecule has 1 spiro atoms. The smallest absolute Gasteiger partial charge is 0.330 e. The van der Waals surface area contributed by atoms with Gasteiger partial charge in [-0.1, -0.05) is 36.4 Å². The molecule has 39 heavy (non-hydrogen) atoms. The number of benzene rings is 3. The number of fused-ring (bicyclic) bond motifs is 4. The summed E-state index contributed by atoms with van der Waals surface area (Å²) in [6, 6.07) is 17.1. The van der Waals surface area contributed by atoms with Crippen molar-refractivity contribution in [2.75, 3.05) is 7.11 Å². The summed E-state index contributed by atoms with van der Waals surface area (Å²) in [5.41, 5.74) is 0.0914. The number of carbonyl (C=O) groups excluding carboxylic acids is 3. The summed E-state index contributed by atoms with van der Waals surface area (Å²) >= 11 is 0. The summed E-state index contributed by atoms with van der Waals surface area (Å²) in [6.45, 7) is 2.97. The maximum atomic E-state index is 14.2. The normalized spacial score (nSPS) is 24.0. The lowest BCUT2D eigenvalue weighted by molar-refractivity contribution is -0.254. The maximum absolute atomic E-state index is 14.2. The molecular weight excluding hydrogens is 503 g/mol. The summed E-state index contributed by atoms with van der Waals surface area (Å²) in [5.74, 6) is -4.54. The highest BCUT2D eigenvalue weighted by Crippen LogP contribution is 2.63. The Morgan fingerprint density at radius 1 is 0.949 bits per heavy atom. The Balaban J connectivity index is 1.64. The van der Waals surface area contributed by atoms with E-state index in [1.54, 1.807) is 42.6 Å². The predicted octanol–water partition coefficient (Wildman–Crippen LogP) is 4.40. The van der Waals surface area contributed by atoms with Crippen molar-refractivity contribution in [3.8, 4) is 5.75 Å². The van der Waals surface area contributed by atoms with Gasteiger partial charge in [-0.3, -0.25) is 19.4 Å². The highest BCUT2D eigenvalue weighted by Gasteiger charge is 2.75. The standard InChI is InChI=1S/C30H25FN2O6/c1-29(2)38-27(35)30(28(36)39-29)23(17-10-14-21(37-3)15-11-17)24(25(34)18-8-12-20(31)13-9-18)33-26(30)22-7-5-4-6-19(22)16-32-33/h4-16,23-24,26H,1-3H3. The van der Waals surface area contributed by atoms with Crippen LogP contribution in [0.3, 0.4) is 0 Å². The summed E-state index contributed by atoms with van der Waals surface area (Å²) in [4.78, 5) is 42.6. The van der Waals surface area contributed by atoms with Gasteiger partial charge in [0.25, 0.3) is 5.79 Å². The molecule has 0 aromatic heterocycles. The van der Waals surface area contributed by atoms with Gasteiger partial charge in [-0.15, -0.1) is 0 Å². The molecule has 0 radical (unpaired) electrons. The third-order valence-corrected chi connectivity index (χ3v) is 7.63. The molecule has 0 N–H and O–H groups in total. The number of carbonyl (C=O) groups is 3. The van der Waals surface area contributed by atoms with Gasteiger partial charge in [0, 0.05) is 25.3 Å². The van der Waals surface area contributed by atoms with Crippen molar-refractivity contribution in [2.45, 2.75) is 37.6 Å². The quantitative estimate of drug-likeness (QED) is 0.282. The number of methoxy groups -OCH3 is 1. The van der Waals surface area contributed by atoms with Crippen LogP contribution in [0.15, 0.2) is 77.9 Å². The number of nitrogens with zero attached hydrogens (tertiary/aromatic N) is 2. The van der Waals surface area contributed by atoms with Crippen molar-refractivity contribution in [2.24, 2.45) is 10.5 Å². The Labute approximate surface area is 224 Å². The molecule has 3 aromatic carbocycles. The molecule has 3 aliphatic heterocycles. The molecule has 0 aliphatic carbocycles. The van der Waals surface area contributed by atoms with Gasteiger partial charge >= 0.3 is 11.9 Å². The topological polar surface area (TPSA) is 94.5 Å². The second-order valence-corrected chi connectivity index (χ2v) is 10.3. The molecule has 6 rings (SSSR count). The van der Waals surface area contributed by atoms with Gasteiger partial charge in [-0.25, -0.2) is 4.39 Å². The Bertz CT molecular complexity index is 1500. The molecule has 2 fully saturated rings. The van der Waals surface area contributed by atoms with Crippen molar-refractivity contribution in [1.29, 1.82) is 0 Å². The molecule has 0 saturated carbocycles. The van der Waals surface area contributed by atoms with Crippen LogP contribution in [-0.2, 0) is 19.1 Å². The van der Waals surface area contributed by atoms with Crippen LogP contribution in [0.2, 0.25) is 0 Å². The predicted molar refractivity (Wildman–Crippen MR) is 138 cm³/mol. The average Bonchev–Trinajstić information content (AvgIpc) is 3.24. The van der Waals surface area contributed by atoms with Crippen LogP contribution >= 0.6 is 0 Å². The number of hydrogen-bond donors (Lipinski definition) is 0. The van der Waals surface area contributed by atoms with Crippen LogP contribution in [0.1, 0.15) is 52.9 Å². The number of Topliss-reactive ketones (excluding diaryl/α,β-unsaturated/α-hetero) is 1. The van der Waals surface area contributed by atoms with Crippen LogP contribution in [0, 0.1) is 11.2 Å². The zero-order valence-electron chi connectivity index (χ0n) is 21.5. The number of rotatable bonds is 4. The lowest BCUT2D eigenvalue weighted by Gasteiger charge is -2.44. The van der Waals surface area contributed by atoms with E-state index in [4.69, 9.17) is 14.2 Å². The maximum Gasteiger partial charge on any atom is 0.330 e. The fourth-order valence-electron chi connectivity index (χ4n) is 5.98. The molecule has 198 valence electrons. The number of hydrazone groups is 1. The molecule has 9 heteroatoms. The molecule has 3 aromatic rings. The van der Waals surface area contributed by atoms with Crippen LogP contribution in [0.25, 0.3) is 0 Å². The zero-order valence-corrected chi connectivity index (χ0v) is 21.5. The average molecular weight is 529 g/mol. The molecule has 0 bridgehead atoms. The minimum atomic E-state index is -1.97. The van der Waals surface area contributed by atoms with E-state index >= 15 is 0 Å². The molecule has 8 nitrogen and oxygen atoms in total. The van der Waals surface area contributed by atoms with Crippen LogP contribution in [0.5, 0.6) is 5.75 Å². The first-order valence-electron chi connectivity index (χ1n) is 12.5. The summed E-state index contributed by atoms with van der Waals surface area (Å²) < 4.78 is 30.6. The minimum Gasteiger partial charge on any atom is -0.497 e. The van der Waals surface area contributed by atoms with Crippen LogP contribution in [0.4, 0.5) is 4.39 Å². The monoisotopic (exact) mass is 528 g/mol.